The smallest absolute Gasteiger partial charge is 0.253 e. The number of carbonyl (C=O) groups is 1. The maximum atomic E-state index is 12.4. The number of hydrogen-bond donors (Lipinski definition) is 2. The van der Waals surface area contributed by atoms with Gasteiger partial charge in [0.15, 0.2) is 5.13 Å². The molecule has 1 aromatic carbocycles. The number of ether oxygens (including phenoxy) is 1. The number of anilines is 1. The molecular weight excluding hydrogens is 408 g/mol. The standard InChI is InChI=1S/C24H28N4O2S/c1-16(2)30-20-9-5-8-18(12-20)22-15-31-24(27-22)26-21(17-6-4-7-17)13-25-23(29)19-10-11-28(3)14-19/h5,8-12,14-16H,4,6-7,13H2,1-3H3,(H,25,29)(H,26,27). The Kier molecular flexibility index (Phi) is 6.42. The fraction of sp³-hybridized carbons (Fsp3) is 0.333. The number of thiazole rings is 1. The first-order valence-electron chi connectivity index (χ1n) is 10.6. The highest BCUT2D eigenvalue weighted by molar-refractivity contribution is 7.14. The molecule has 0 saturated heterocycles. The lowest BCUT2D eigenvalue weighted by molar-refractivity contribution is 0.0957. The van der Waals surface area contributed by atoms with Crippen LogP contribution in [0.5, 0.6) is 5.75 Å². The summed E-state index contributed by atoms with van der Waals surface area (Å²) in [6.45, 7) is 4.50. The van der Waals surface area contributed by atoms with Gasteiger partial charge in [0, 0.05) is 36.1 Å². The number of allylic oxidation sites excluding steroid dienone is 1. The zero-order chi connectivity index (χ0) is 21.8. The largest absolute Gasteiger partial charge is 0.491 e. The average molecular weight is 437 g/mol. The van der Waals surface area contributed by atoms with Crippen LogP contribution in [0.3, 0.4) is 0 Å². The minimum atomic E-state index is -0.0679. The van der Waals surface area contributed by atoms with Crippen LogP contribution in [0.15, 0.2) is 59.4 Å². The SMILES string of the molecule is CC(C)Oc1cccc(-c2csc(NC(CNC(=O)c3ccn(C)c3)=C3CCC3)n2)c1. The molecule has 1 fully saturated rings. The lowest BCUT2D eigenvalue weighted by Crippen LogP contribution is -2.29. The molecule has 1 saturated carbocycles. The number of hydrogen-bond acceptors (Lipinski definition) is 5. The Labute approximate surface area is 187 Å². The zero-order valence-corrected chi connectivity index (χ0v) is 19.0. The lowest BCUT2D eigenvalue weighted by Gasteiger charge is -2.22. The van der Waals surface area contributed by atoms with Gasteiger partial charge in [-0.1, -0.05) is 12.1 Å². The van der Waals surface area contributed by atoms with E-state index >= 15 is 0 Å². The average Bonchev–Trinajstić information content (AvgIpc) is 3.33. The molecule has 1 aliphatic carbocycles. The van der Waals surface area contributed by atoms with Gasteiger partial charge in [-0.3, -0.25) is 4.79 Å². The summed E-state index contributed by atoms with van der Waals surface area (Å²) in [5.41, 5.74) is 5.01. The molecule has 0 radical (unpaired) electrons. The van der Waals surface area contributed by atoms with Crippen molar-refractivity contribution < 1.29 is 9.53 Å². The lowest BCUT2D eigenvalue weighted by atomic mass is 9.90. The number of rotatable bonds is 8. The Hall–Kier alpha value is -3.06. The van der Waals surface area contributed by atoms with Crippen molar-refractivity contribution in [3.63, 3.8) is 0 Å². The van der Waals surface area contributed by atoms with Crippen LogP contribution in [-0.2, 0) is 7.05 Å². The van der Waals surface area contributed by atoms with Crippen LogP contribution in [-0.4, -0.2) is 28.1 Å². The van der Waals surface area contributed by atoms with Gasteiger partial charge in [-0.15, -0.1) is 11.3 Å². The second kappa shape index (κ2) is 9.39. The van der Waals surface area contributed by atoms with Gasteiger partial charge < -0.3 is 19.9 Å². The monoisotopic (exact) mass is 436 g/mol. The molecule has 1 amide bonds. The molecule has 0 bridgehead atoms. The summed E-state index contributed by atoms with van der Waals surface area (Å²) >= 11 is 1.57. The zero-order valence-electron chi connectivity index (χ0n) is 18.1. The van der Waals surface area contributed by atoms with Crippen LogP contribution in [0.4, 0.5) is 5.13 Å². The van der Waals surface area contributed by atoms with Gasteiger partial charge in [-0.25, -0.2) is 4.98 Å². The summed E-state index contributed by atoms with van der Waals surface area (Å²) in [7, 11) is 1.91. The number of nitrogens with zero attached hydrogens (tertiary/aromatic N) is 2. The quantitative estimate of drug-likeness (QED) is 0.508. The van der Waals surface area contributed by atoms with Crippen molar-refractivity contribution in [3.8, 4) is 17.0 Å². The molecule has 4 rings (SSSR count). The summed E-state index contributed by atoms with van der Waals surface area (Å²) < 4.78 is 7.68. The molecule has 0 aliphatic heterocycles. The summed E-state index contributed by atoms with van der Waals surface area (Å²) in [6, 6.07) is 9.83. The molecule has 6 nitrogen and oxygen atoms in total. The Morgan fingerprint density at radius 3 is 2.81 bits per heavy atom. The van der Waals surface area contributed by atoms with Crippen LogP contribution in [0, 0.1) is 0 Å². The van der Waals surface area contributed by atoms with Gasteiger partial charge in [0.2, 0.25) is 0 Å². The van der Waals surface area contributed by atoms with Crippen LogP contribution in [0.2, 0.25) is 0 Å². The molecular formula is C24H28N4O2S. The molecule has 31 heavy (non-hydrogen) atoms. The van der Waals surface area contributed by atoms with Crippen molar-refractivity contribution in [1.82, 2.24) is 14.9 Å². The van der Waals surface area contributed by atoms with Crippen molar-refractivity contribution in [2.45, 2.75) is 39.2 Å². The molecule has 7 heteroatoms. The number of aryl methyl sites for hydroxylation is 1. The van der Waals surface area contributed by atoms with E-state index in [4.69, 9.17) is 9.72 Å². The van der Waals surface area contributed by atoms with Gasteiger partial charge in [0.25, 0.3) is 5.91 Å². The van der Waals surface area contributed by atoms with E-state index in [1.165, 1.54) is 12.0 Å². The summed E-state index contributed by atoms with van der Waals surface area (Å²) in [5, 5.41) is 9.37. The van der Waals surface area contributed by atoms with Crippen molar-refractivity contribution in [1.29, 1.82) is 0 Å². The highest BCUT2D eigenvalue weighted by Crippen LogP contribution is 2.32. The number of aromatic nitrogens is 2. The minimum Gasteiger partial charge on any atom is -0.491 e. The summed E-state index contributed by atoms with van der Waals surface area (Å²) in [6.07, 6.45) is 7.15. The highest BCUT2D eigenvalue weighted by atomic mass is 32.1. The molecule has 2 heterocycles. The molecule has 2 aromatic heterocycles. The van der Waals surface area contributed by atoms with Gasteiger partial charge in [0.1, 0.15) is 5.75 Å². The van der Waals surface area contributed by atoms with Crippen LogP contribution in [0.1, 0.15) is 43.5 Å². The van der Waals surface area contributed by atoms with E-state index in [1.54, 1.807) is 11.3 Å². The summed E-state index contributed by atoms with van der Waals surface area (Å²) in [4.78, 5) is 17.2. The van der Waals surface area contributed by atoms with E-state index in [0.717, 1.165) is 40.7 Å². The number of amides is 1. The third-order valence-corrected chi connectivity index (χ3v) is 5.93. The molecule has 0 spiro atoms. The fourth-order valence-electron chi connectivity index (χ4n) is 3.41. The Morgan fingerprint density at radius 1 is 1.29 bits per heavy atom. The molecule has 0 atom stereocenters. The predicted molar refractivity (Wildman–Crippen MR) is 126 cm³/mol. The second-order valence-electron chi connectivity index (χ2n) is 8.04. The maximum absolute atomic E-state index is 12.4. The third kappa shape index (κ3) is 5.35. The van der Waals surface area contributed by atoms with Crippen molar-refractivity contribution >= 4 is 22.4 Å². The Balaban J connectivity index is 1.44. The van der Waals surface area contributed by atoms with E-state index in [-0.39, 0.29) is 12.0 Å². The fourth-order valence-corrected chi connectivity index (χ4v) is 4.16. The van der Waals surface area contributed by atoms with E-state index in [0.29, 0.717) is 12.1 Å². The summed E-state index contributed by atoms with van der Waals surface area (Å²) in [5.74, 6) is 0.775. The third-order valence-electron chi connectivity index (χ3n) is 5.17. The molecule has 3 aromatic rings. The number of benzene rings is 1. The van der Waals surface area contributed by atoms with E-state index in [9.17, 15) is 4.79 Å². The normalized spacial score (nSPS) is 13.1. The first kappa shape index (κ1) is 21.2. The second-order valence-corrected chi connectivity index (χ2v) is 8.90. The first-order chi connectivity index (χ1) is 15.0. The Morgan fingerprint density at radius 2 is 2.13 bits per heavy atom. The van der Waals surface area contributed by atoms with Crippen LogP contribution < -0.4 is 15.4 Å². The molecule has 1 aliphatic rings. The first-order valence-corrected chi connectivity index (χ1v) is 11.5. The van der Waals surface area contributed by atoms with E-state index in [1.807, 2.05) is 73.6 Å². The van der Waals surface area contributed by atoms with Crippen LogP contribution in [0.25, 0.3) is 11.3 Å². The van der Waals surface area contributed by atoms with Crippen molar-refractivity contribution in [3.05, 3.63) is 64.9 Å². The predicted octanol–water partition coefficient (Wildman–Crippen LogP) is 5.22. The van der Waals surface area contributed by atoms with Gasteiger partial charge >= 0.3 is 0 Å². The van der Waals surface area contributed by atoms with Gasteiger partial charge in [-0.2, -0.15) is 0 Å². The van der Waals surface area contributed by atoms with Gasteiger partial charge in [0.05, 0.1) is 23.9 Å². The van der Waals surface area contributed by atoms with E-state index in [2.05, 4.69) is 10.6 Å². The van der Waals surface area contributed by atoms with Crippen molar-refractivity contribution in [2.75, 3.05) is 11.9 Å². The minimum absolute atomic E-state index is 0.0679. The van der Waals surface area contributed by atoms with Crippen molar-refractivity contribution in [2.24, 2.45) is 7.05 Å². The number of nitrogens with one attached hydrogen (secondary N) is 2. The molecule has 2 N–H and O–H groups in total. The maximum Gasteiger partial charge on any atom is 0.253 e. The number of carbonyl (C=O) groups excluding carboxylic acids is 1. The van der Waals surface area contributed by atoms with E-state index < -0.39 is 0 Å². The highest BCUT2D eigenvalue weighted by Gasteiger charge is 2.17. The van der Waals surface area contributed by atoms with Crippen LogP contribution >= 0.6 is 11.3 Å². The molecule has 162 valence electrons. The topological polar surface area (TPSA) is 68.2 Å². The van der Waals surface area contributed by atoms with Gasteiger partial charge in [-0.05, 0) is 56.9 Å². The Bertz CT molecular complexity index is 1090. The molecule has 0 unspecified atom stereocenters.